The first kappa shape index (κ1) is 22.6. The van der Waals surface area contributed by atoms with E-state index in [1.807, 2.05) is 6.07 Å². The van der Waals surface area contributed by atoms with Crippen LogP contribution in [0.2, 0.25) is 0 Å². The van der Waals surface area contributed by atoms with Crippen molar-refractivity contribution in [1.29, 1.82) is 0 Å². The number of para-hydroxylation sites is 2. The molecule has 0 saturated heterocycles. The van der Waals surface area contributed by atoms with E-state index in [2.05, 4.69) is 129 Å². The standard InChI is InChI=1S/C36H28O2/c1-23-33(25-12-5-3-6-13-25)31-20-10-18-29(35(31)37-23)27-16-9-17-28(22-27)30-19-11-21-32-34(24(2)38-36(30)32)26-14-7-4-8-15-26/h3-23,33H,1-2H3. The van der Waals surface area contributed by atoms with Gasteiger partial charge in [0.1, 0.15) is 23.2 Å². The first-order valence-corrected chi connectivity index (χ1v) is 13.2. The van der Waals surface area contributed by atoms with Crippen LogP contribution in [0.4, 0.5) is 0 Å². The van der Waals surface area contributed by atoms with Crippen LogP contribution < -0.4 is 4.74 Å². The molecule has 6 aromatic rings. The molecule has 2 unspecified atom stereocenters. The fourth-order valence-corrected chi connectivity index (χ4v) is 6.06. The highest BCUT2D eigenvalue weighted by molar-refractivity contribution is 6.03. The number of benzene rings is 5. The summed E-state index contributed by atoms with van der Waals surface area (Å²) in [5, 5.41) is 1.14. The van der Waals surface area contributed by atoms with Gasteiger partial charge in [0.15, 0.2) is 0 Å². The Morgan fingerprint density at radius 3 is 2.03 bits per heavy atom. The smallest absolute Gasteiger partial charge is 0.142 e. The molecule has 1 aromatic heterocycles. The van der Waals surface area contributed by atoms with E-state index in [0.29, 0.717) is 0 Å². The van der Waals surface area contributed by atoms with E-state index in [9.17, 15) is 0 Å². The molecule has 0 bridgehead atoms. The number of furan rings is 1. The van der Waals surface area contributed by atoms with Gasteiger partial charge in [0.25, 0.3) is 0 Å². The summed E-state index contributed by atoms with van der Waals surface area (Å²) >= 11 is 0. The zero-order chi connectivity index (χ0) is 25.6. The van der Waals surface area contributed by atoms with E-state index < -0.39 is 0 Å². The SMILES string of the molecule is Cc1oc2c(-c3cccc(-c4cccc5c4OC(C)C5c4ccccc4)c3)cccc2c1-c1ccccc1. The molecule has 0 saturated carbocycles. The van der Waals surface area contributed by atoms with Crippen molar-refractivity contribution in [3.05, 3.63) is 138 Å². The molecular weight excluding hydrogens is 464 g/mol. The van der Waals surface area contributed by atoms with Gasteiger partial charge in [-0.1, -0.05) is 115 Å². The monoisotopic (exact) mass is 492 g/mol. The molecule has 2 atom stereocenters. The second-order valence-electron chi connectivity index (χ2n) is 10.1. The van der Waals surface area contributed by atoms with Crippen molar-refractivity contribution in [2.75, 3.05) is 0 Å². The van der Waals surface area contributed by atoms with Gasteiger partial charge < -0.3 is 9.15 Å². The Balaban J connectivity index is 1.34. The molecule has 5 aromatic carbocycles. The number of aryl methyl sites for hydroxylation is 1. The Bertz CT molecular complexity index is 1760. The fraction of sp³-hybridized carbons (Fsp3) is 0.111. The lowest BCUT2D eigenvalue weighted by Crippen LogP contribution is -2.14. The summed E-state index contributed by atoms with van der Waals surface area (Å²) in [5.74, 6) is 2.15. The Labute approximate surface area is 223 Å². The number of ether oxygens (including phenoxy) is 1. The van der Waals surface area contributed by atoms with Crippen LogP contribution in [0.25, 0.3) is 44.3 Å². The Kier molecular flexibility index (Phi) is 5.40. The van der Waals surface area contributed by atoms with Crippen molar-refractivity contribution < 1.29 is 9.15 Å². The van der Waals surface area contributed by atoms with E-state index in [-0.39, 0.29) is 12.0 Å². The molecule has 0 radical (unpaired) electrons. The summed E-state index contributed by atoms with van der Waals surface area (Å²) in [6.07, 6.45) is 0.0768. The third kappa shape index (κ3) is 3.64. The highest BCUT2D eigenvalue weighted by atomic mass is 16.5. The Morgan fingerprint density at radius 1 is 0.605 bits per heavy atom. The van der Waals surface area contributed by atoms with Gasteiger partial charge in [0.2, 0.25) is 0 Å². The highest BCUT2D eigenvalue weighted by Gasteiger charge is 2.34. The van der Waals surface area contributed by atoms with Crippen LogP contribution in [0.1, 0.15) is 29.7 Å². The van der Waals surface area contributed by atoms with Gasteiger partial charge >= 0.3 is 0 Å². The third-order valence-corrected chi connectivity index (χ3v) is 7.75. The van der Waals surface area contributed by atoms with Gasteiger partial charge in [-0.3, -0.25) is 0 Å². The normalized spacial score (nSPS) is 16.4. The molecule has 0 aliphatic carbocycles. The van der Waals surface area contributed by atoms with Gasteiger partial charge in [-0.15, -0.1) is 0 Å². The average molecular weight is 493 g/mol. The minimum Gasteiger partial charge on any atom is -0.489 e. The Hall–Kier alpha value is -4.56. The van der Waals surface area contributed by atoms with Crippen LogP contribution in [-0.4, -0.2) is 6.10 Å². The second-order valence-corrected chi connectivity index (χ2v) is 10.1. The number of hydrogen-bond acceptors (Lipinski definition) is 2. The van der Waals surface area contributed by atoms with Gasteiger partial charge in [-0.2, -0.15) is 0 Å². The van der Waals surface area contributed by atoms with Crippen molar-refractivity contribution in [3.8, 4) is 39.1 Å². The largest absolute Gasteiger partial charge is 0.489 e. The zero-order valence-corrected chi connectivity index (χ0v) is 21.5. The highest BCUT2D eigenvalue weighted by Crippen LogP contribution is 2.48. The average Bonchev–Trinajstić information content (AvgIpc) is 3.49. The van der Waals surface area contributed by atoms with Crippen LogP contribution in [-0.2, 0) is 0 Å². The van der Waals surface area contributed by atoms with Gasteiger partial charge in [-0.05, 0) is 42.2 Å². The molecule has 1 aliphatic rings. The summed E-state index contributed by atoms with van der Waals surface area (Å²) in [7, 11) is 0. The van der Waals surface area contributed by atoms with Gasteiger partial charge in [0, 0.05) is 33.6 Å². The molecule has 184 valence electrons. The van der Waals surface area contributed by atoms with Crippen molar-refractivity contribution in [2.45, 2.75) is 25.9 Å². The molecule has 0 spiro atoms. The van der Waals surface area contributed by atoms with Crippen molar-refractivity contribution >= 4 is 11.0 Å². The topological polar surface area (TPSA) is 22.4 Å². The van der Waals surface area contributed by atoms with E-state index >= 15 is 0 Å². The van der Waals surface area contributed by atoms with Crippen LogP contribution in [0.15, 0.2) is 126 Å². The van der Waals surface area contributed by atoms with Gasteiger partial charge in [0.05, 0.1) is 0 Å². The van der Waals surface area contributed by atoms with Gasteiger partial charge in [-0.25, -0.2) is 0 Å². The predicted molar refractivity (Wildman–Crippen MR) is 156 cm³/mol. The molecule has 2 nitrogen and oxygen atoms in total. The van der Waals surface area contributed by atoms with Crippen LogP contribution in [0, 0.1) is 6.92 Å². The van der Waals surface area contributed by atoms with E-state index in [4.69, 9.17) is 9.15 Å². The zero-order valence-electron chi connectivity index (χ0n) is 21.5. The lowest BCUT2D eigenvalue weighted by atomic mass is 9.87. The first-order valence-electron chi connectivity index (χ1n) is 13.2. The Morgan fingerprint density at radius 2 is 1.24 bits per heavy atom. The summed E-state index contributed by atoms with van der Waals surface area (Å²) in [4.78, 5) is 0. The minimum atomic E-state index is 0.0768. The van der Waals surface area contributed by atoms with Crippen molar-refractivity contribution in [3.63, 3.8) is 0 Å². The number of fused-ring (bicyclic) bond motifs is 2. The summed E-state index contributed by atoms with van der Waals surface area (Å²) < 4.78 is 12.9. The van der Waals surface area contributed by atoms with Crippen LogP contribution >= 0.6 is 0 Å². The molecule has 0 fully saturated rings. The molecule has 38 heavy (non-hydrogen) atoms. The third-order valence-electron chi connectivity index (χ3n) is 7.75. The molecule has 0 amide bonds. The summed E-state index contributed by atoms with van der Waals surface area (Å²) in [5.41, 5.74) is 10.3. The quantitative estimate of drug-likeness (QED) is 0.244. The maximum atomic E-state index is 6.52. The number of rotatable bonds is 4. The first-order chi connectivity index (χ1) is 18.7. The van der Waals surface area contributed by atoms with E-state index in [1.165, 1.54) is 16.7 Å². The minimum absolute atomic E-state index is 0.0768. The lowest BCUT2D eigenvalue weighted by Gasteiger charge is -2.14. The molecule has 0 N–H and O–H groups in total. The lowest BCUT2D eigenvalue weighted by molar-refractivity contribution is 0.239. The second kappa shape index (κ2) is 9.08. The van der Waals surface area contributed by atoms with Crippen LogP contribution in [0.5, 0.6) is 5.75 Å². The van der Waals surface area contributed by atoms with E-state index in [1.54, 1.807) is 0 Å². The maximum Gasteiger partial charge on any atom is 0.142 e. The summed E-state index contributed by atoms with van der Waals surface area (Å²) in [6.45, 7) is 4.22. The molecule has 2 heteroatoms. The maximum absolute atomic E-state index is 6.52. The molecule has 1 aliphatic heterocycles. The van der Waals surface area contributed by atoms with E-state index in [0.717, 1.165) is 50.3 Å². The van der Waals surface area contributed by atoms with Crippen LogP contribution in [0.3, 0.4) is 0 Å². The molecule has 7 rings (SSSR count). The van der Waals surface area contributed by atoms with Crippen molar-refractivity contribution in [2.24, 2.45) is 0 Å². The molecular formula is C36H28O2. The fourth-order valence-electron chi connectivity index (χ4n) is 6.06. The molecule has 2 heterocycles. The van der Waals surface area contributed by atoms with Crippen molar-refractivity contribution in [1.82, 2.24) is 0 Å². The number of hydrogen-bond donors (Lipinski definition) is 0. The summed E-state index contributed by atoms with van der Waals surface area (Å²) in [6, 6.07) is 42.8. The predicted octanol–water partition coefficient (Wildman–Crippen LogP) is 9.66.